The van der Waals surface area contributed by atoms with Crippen LogP contribution in [-0.4, -0.2) is 24.8 Å². The number of hydrogen-bond acceptors (Lipinski definition) is 5. The average molecular weight is 301 g/mol. The first-order valence-corrected chi connectivity index (χ1v) is 6.91. The monoisotopic (exact) mass is 301 g/mol. The van der Waals surface area contributed by atoms with Crippen molar-refractivity contribution in [3.63, 3.8) is 0 Å². The molecule has 23 heavy (non-hydrogen) atoms. The molecule has 0 bridgehead atoms. The number of fused-ring (bicyclic) bond motifs is 1. The maximum Gasteiger partial charge on any atom is 0.165 e. The molecule has 3 heterocycles. The van der Waals surface area contributed by atoms with Gasteiger partial charge in [0.15, 0.2) is 5.65 Å². The quantitative estimate of drug-likeness (QED) is 0.590. The van der Waals surface area contributed by atoms with E-state index in [1.54, 1.807) is 41.3 Å². The molecule has 0 amide bonds. The minimum atomic E-state index is 0.416. The Morgan fingerprint density at radius 3 is 2.91 bits per heavy atom. The Balaban J connectivity index is 2.06. The molecule has 1 aromatic carbocycles. The van der Waals surface area contributed by atoms with Gasteiger partial charge in [-0.15, -0.1) is 0 Å². The number of aromatic amines is 1. The summed E-state index contributed by atoms with van der Waals surface area (Å²) in [6, 6.07) is 11.1. The predicted molar refractivity (Wildman–Crippen MR) is 85.1 cm³/mol. The number of nitrogen functional groups attached to an aromatic ring is 1. The summed E-state index contributed by atoms with van der Waals surface area (Å²) in [7, 11) is 0. The van der Waals surface area contributed by atoms with E-state index >= 15 is 0 Å². The average Bonchev–Trinajstić information content (AvgIpc) is 3.21. The first-order chi connectivity index (χ1) is 11.3. The van der Waals surface area contributed by atoms with E-state index in [1.807, 2.05) is 12.1 Å². The largest absolute Gasteiger partial charge is 0.384 e. The molecule has 0 spiro atoms. The zero-order chi connectivity index (χ0) is 15.8. The van der Waals surface area contributed by atoms with Crippen molar-refractivity contribution in [2.24, 2.45) is 0 Å². The van der Waals surface area contributed by atoms with Crippen LogP contribution >= 0.6 is 0 Å². The lowest BCUT2D eigenvalue weighted by molar-refractivity contribution is 0.945. The Morgan fingerprint density at radius 1 is 1.22 bits per heavy atom. The Bertz CT molecular complexity index is 1040. The first-order valence-electron chi connectivity index (χ1n) is 6.91. The number of H-pyrrole nitrogens is 1. The fraction of sp³-hybridized carbons (Fsp3) is 0. The molecule has 0 aliphatic rings. The summed E-state index contributed by atoms with van der Waals surface area (Å²) in [6.45, 7) is 0. The van der Waals surface area contributed by atoms with Crippen molar-refractivity contribution in [3.05, 3.63) is 54.5 Å². The second-order valence-electron chi connectivity index (χ2n) is 5.02. The Kier molecular flexibility index (Phi) is 2.81. The standard InChI is InChI=1S/C16H11N7/c17-7-10-2-1-3-11(6-10)15-14(12-8-19-20-9-12)16-21-13(18)4-5-23(16)22-15/h1-6,8-9H,(H2,18,21)(H,19,20). The number of nitrogens with one attached hydrogen (secondary N) is 1. The van der Waals surface area contributed by atoms with Gasteiger partial charge in [0.2, 0.25) is 0 Å². The molecule has 0 fully saturated rings. The van der Waals surface area contributed by atoms with Crippen molar-refractivity contribution in [1.82, 2.24) is 24.8 Å². The molecule has 0 atom stereocenters. The SMILES string of the molecule is N#Cc1cccc(-c2nn3ccc(N)nc3c2-c2cn[nH]c2)c1. The number of rotatable bonds is 2. The fourth-order valence-corrected chi connectivity index (χ4v) is 2.53. The molecule has 0 saturated carbocycles. The Labute approximate surface area is 131 Å². The van der Waals surface area contributed by atoms with Gasteiger partial charge in [0.25, 0.3) is 0 Å². The zero-order valence-electron chi connectivity index (χ0n) is 11.9. The Morgan fingerprint density at radius 2 is 2.13 bits per heavy atom. The van der Waals surface area contributed by atoms with Crippen LogP contribution in [0.25, 0.3) is 28.0 Å². The number of hydrogen-bond donors (Lipinski definition) is 2. The van der Waals surface area contributed by atoms with E-state index in [1.165, 1.54) is 0 Å². The van der Waals surface area contributed by atoms with Gasteiger partial charge in [0.05, 0.1) is 23.4 Å². The highest BCUT2D eigenvalue weighted by atomic mass is 15.3. The van der Waals surface area contributed by atoms with E-state index in [0.29, 0.717) is 17.0 Å². The van der Waals surface area contributed by atoms with Gasteiger partial charge in [-0.1, -0.05) is 12.1 Å². The van der Waals surface area contributed by atoms with Crippen molar-refractivity contribution in [3.8, 4) is 28.5 Å². The van der Waals surface area contributed by atoms with Gasteiger partial charge in [-0.2, -0.15) is 15.5 Å². The first kappa shape index (κ1) is 13.0. The van der Waals surface area contributed by atoms with Gasteiger partial charge in [0.1, 0.15) is 11.5 Å². The van der Waals surface area contributed by atoms with Crippen molar-refractivity contribution in [1.29, 1.82) is 5.26 Å². The number of aromatic nitrogens is 5. The van der Waals surface area contributed by atoms with Crippen molar-refractivity contribution >= 4 is 11.5 Å². The summed E-state index contributed by atoms with van der Waals surface area (Å²) in [5.74, 6) is 0.416. The van der Waals surface area contributed by atoms with E-state index in [-0.39, 0.29) is 0 Å². The van der Waals surface area contributed by atoms with Crippen molar-refractivity contribution < 1.29 is 0 Å². The zero-order valence-corrected chi connectivity index (χ0v) is 11.9. The van der Waals surface area contributed by atoms with Crippen LogP contribution in [0.4, 0.5) is 5.82 Å². The maximum absolute atomic E-state index is 9.12. The smallest absolute Gasteiger partial charge is 0.165 e. The maximum atomic E-state index is 9.12. The fourth-order valence-electron chi connectivity index (χ4n) is 2.53. The molecule has 3 aromatic heterocycles. The van der Waals surface area contributed by atoms with Crippen LogP contribution in [0.2, 0.25) is 0 Å². The molecule has 0 radical (unpaired) electrons. The lowest BCUT2D eigenvalue weighted by Crippen LogP contribution is -1.94. The lowest BCUT2D eigenvalue weighted by Gasteiger charge is -2.01. The molecule has 7 heteroatoms. The molecule has 4 aromatic rings. The van der Waals surface area contributed by atoms with Crippen LogP contribution in [-0.2, 0) is 0 Å². The normalized spacial score (nSPS) is 10.7. The summed E-state index contributed by atoms with van der Waals surface area (Å²) < 4.78 is 1.67. The number of nitriles is 1. The predicted octanol–water partition coefficient (Wildman–Crippen LogP) is 2.24. The van der Waals surface area contributed by atoms with Crippen LogP contribution in [0.3, 0.4) is 0 Å². The third-order valence-corrected chi connectivity index (χ3v) is 3.56. The van der Waals surface area contributed by atoms with E-state index in [9.17, 15) is 0 Å². The summed E-state index contributed by atoms with van der Waals surface area (Å²) in [5.41, 5.74) is 10.3. The van der Waals surface area contributed by atoms with E-state index in [2.05, 4.69) is 26.3 Å². The third kappa shape index (κ3) is 2.10. The van der Waals surface area contributed by atoms with Crippen LogP contribution < -0.4 is 5.73 Å². The molecule has 0 saturated heterocycles. The van der Waals surface area contributed by atoms with Gasteiger partial charge in [0, 0.05) is 23.5 Å². The number of nitrogens with zero attached hydrogens (tertiary/aromatic N) is 5. The molecular weight excluding hydrogens is 290 g/mol. The highest BCUT2D eigenvalue weighted by Crippen LogP contribution is 2.34. The van der Waals surface area contributed by atoms with E-state index < -0.39 is 0 Å². The second-order valence-corrected chi connectivity index (χ2v) is 5.02. The third-order valence-electron chi connectivity index (χ3n) is 3.56. The summed E-state index contributed by atoms with van der Waals surface area (Å²) in [4.78, 5) is 4.39. The molecule has 110 valence electrons. The highest BCUT2D eigenvalue weighted by molar-refractivity contribution is 5.90. The second kappa shape index (κ2) is 4.96. The van der Waals surface area contributed by atoms with E-state index in [0.717, 1.165) is 22.4 Å². The topological polar surface area (TPSA) is 109 Å². The van der Waals surface area contributed by atoms with Gasteiger partial charge in [-0.05, 0) is 18.2 Å². The van der Waals surface area contributed by atoms with Gasteiger partial charge in [-0.3, -0.25) is 5.10 Å². The number of anilines is 1. The minimum absolute atomic E-state index is 0.416. The molecule has 0 unspecified atom stereocenters. The molecule has 3 N–H and O–H groups in total. The lowest BCUT2D eigenvalue weighted by atomic mass is 10.0. The molecule has 0 aliphatic carbocycles. The van der Waals surface area contributed by atoms with Crippen molar-refractivity contribution in [2.75, 3.05) is 5.73 Å². The van der Waals surface area contributed by atoms with Gasteiger partial charge in [-0.25, -0.2) is 9.50 Å². The summed E-state index contributed by atoms with van der Waals surface area (Å²) in [6.07, 6.45) is 5.25. The van der Waals surface area contributed by atoms with Crippen LogP contribution in [0.15, 0.2) is 48.9 Å². The Hall–Kier alpha value is -3.66. The van der Waals surface area contributed by atoms with Crippen LogP contribution in [0, 0.1) is 11.3 Å². The number of nitrogens with two attached hydrogens (primary N) is 1. The molecule has 7 nitrogen and oxygen atoms in total. The van der Waals surface area contributed by atoms with Crippen LogP contribution in [0.1, 0.15) is 5.56 Å². The molecule has 0 aliphatic heterocycles. The summed E-state index contributed by atoms with van der Waals surface area (Å²) >= 11 is 0. The van der Waals surface area contributed by atoms with Crippen molar-refractivity contribution in [2.45, 2.75) is 0 Å². The van der Waals surface area contributed by atoms with E-state index in [4.69, 9.17) is 11.0 Å². The number of benzene rings is 1. The van der Waals surface area contributed by atoms with Crippen LogP contribution in [0.5, 0.6) is 0 Å². The van der Waals surface area contributed by atoms with Gasteiger partial charge < -0.3 is 5.73 Å². The highest BCUT2D eigenvalue weighted by Gasteiger charge is 2.18. The minimum Gasteiger partial charge on any atom is -0.384 e. The molecular formula is C16H11N7. The van der Waals surface area contributed by atoms with Gasteiger partial charge >= 0.3 is 0 Å². The summed E-state index contributed by atoms with van der Waals surface area (Å²) in [5, 5.41) is 20.5. The molecule has 4 rings (SSSR count).